The first-order valence-corrected chi connectivity index (χ1v) is 12.4. The Hall–Kier alpha value is -3.72. The molecule has 0 spiro atoms. The van der Waals surface area contributed by atoms with Crippen molar-refractivity contribution in [2.75, 3.05) is 16.4 Å². The lowest BCUT2D eigenvalue weighted by molar-refractivity contribution is -0.116. The summed E-state index contributed by atoms with van der Waals surface area (Å²) in [6.45, 7) is 1.63. The highest BCUT2D eigenvalue weighted by molar-refractivity contribution is 7.91. The summed E-state index contributed by atoms with van der Waals surface area (Å²) < 4.78 is 25.1. The van der Waals surface area contributed by atoms with Crippen LogP contribution in [0.4, 0.5) is 17.2 Å². The van der Waals surface area contributed by atoms with E-state index in [9.17, 15) is 13.2 Å². The number of H-pyrrole nitrogens is 1. The molecule has 4 aromatic rings. The van der Waals surface area contributed by atoms with Gasteiger partial charge in [0.25, 0.3) is 0 Å². The SMILES string of the molecule is CCS(=O)(=O)c1ccccc1Nc1nc(Cc2ccc3c(c2)CCC(=O)N3)nc2cc[nH]c12. The molecule has 0 saturated heterocycles. The summed E-state index contributed by atoms with van der Waals surface area (Å²) in [6, 6.07) is 14.7. The Balaban J connectivity index is 1.50. The molecule has 0 unspecified atom stereocenters. The van der Waals surface area contributed by atoms with Crippen molar-refractivity contribution in [3.63, 3.8) is 0 Å². The number of benzene rings is 2. The van der Waals surface area contributed by atoms with Gasteiger partial charge in [0.2, 0.25) is 5.91 Å². The molecule has 168 valence electrons. The highest BCUT2D eigenvalue weighted by Gasteiger charge is 2.19. The summed E-state index contributed by atoms with van der Waals surface area (Å²) in [6.07, 6.45) is 3.48. The predicted octanol–water partition coefficient (Wildman–Crippen LogP) is 3.97. The standard InChI is InChI=1S/C24H23N5O3S/c1-2-33(31,32)20-6-4-3-5-18(20)28-24-23-19(11-12-25-23)26-21(29-24)14-15-7-9-17-16(13-15)8-10-22(30)27-17/h3-7,9,11-13,25H,2,8,10,14H2,1H3,(H,27,30)(H,26,28,29). The van der Waals surface area contributed by atoms with E-state index in [4.69, 9.17) is 4.98 Å². The van der Waals surface area contributed by atoms with Crippen LogP contribution in [-0.4, -0.2) is 35.0 Å². The van der Waals surface area contributed by atoms with E-state index in [0.717, 1.165) is 22.3 Å². The number of aromatic nitrogens is 3. The van der Waals surface area contributed by atoms with Gasteiger partial charge in [0.15, 0.2) is 15.7 Å². The maximum Gasteiger partial charge on any atom is 0.224 e. The molecule has 3 N–H and O–H groups in total. The molecule has 0 saturated carbocycles. The lowest BCUT2D eigenvalue weighted by atomic mass is 9.99. The molecule has 0 atom stereocenters. The van der Waals surface area contributed by atoms with Crippen molar-refractivity contribution in [1.29, 1.82) is 0 Å². The number of anilines is 3. The van der Waals surface area contributed by atoms with Crippen LogP contribution in [0.3, 0.4) is 0 Å². The number of nitrogens with zero attached hydrogens (tertiary/aromatic N) is 2. The van der Waals surface area contributed by atoms with E-state index >= 15 is 0 Å². The second kappa shape index (κ2) is 8.32. The zero-order valence-electron chi connectivity index (χ0n) is 18.1. The molecule has 2 aromatic heterocycles. The number of aryl methyl sites for hydroxylation is 1. The van der Waals surface area contributed by atoms with Gasteiger partial charge in [-0.25, -0.2) is 18.4 Å². The van der Waals surface area contributed by atoms with Gasteiger partial charge in [-0.05, 0) is 41.8 Å². The van der Waals surface area contributed by atoms with Crippen LogP contribution in [0.15, 0.2) is 59.6 Å². The van der Waals surface area contributed by atoms with Crippen LogP contribution in [0.5, 0.6) is 0 Å². The smallest absolute Gasteiger partial charge is 0.224 e. The number of hydrogen-bond donors (Lipinski definition) is 3. The number of aromatic amines is 1. The van der Waals surface area contributed by atoms with Crippen LogP contribution in [0.2, 0.25) is 0 Å². The average molecular weight is 462 g/mol. The van der Waals surface area contributed by atoms with Crippen molar-refractivity contribution in [2.45, 2.75) is 31.1 Å². The molecule has 2 aromatic carbocycles. The fraction of sp³-hybridized carbons (Fsp3) is 0.208. The van der Waals surface area contributed by atoms with Crippen LogP contribution in [-0.2, 0) is 27.5 Å². The predicted molar refractivity (Wildman–Crippen MR) is 128 cm³/mol. The Morgan fingerprint density at radius 1 is 1.06 bits per heavy atom. The summed E-state index contributed by atoms with van der Waals surface area (Å²) >= 11 is 0. The van der Waals surface area contributed by atoms with E-state index in [2.05, 4.69) is 26.7 Å². The molecule has 0 aliphatic carbocycles. The van der Waals surface area contributed by atoms with E-state index < -0.39 is 9.84 Å². The molecule has 8 nitrogen and oxygen atoms in total. The van der Waals surface area contributed by atoms with E-state index in [1.165, 1.54) is 0 Å². The minimum atomic E-state index is -3.41. The minimum absolute atomic E-state index is 0.0113. The number of para-hydroxylation sites is 1. The number of sulfone groups is 1. The quantitative estimate of drug-likeness (QED) is 0.400. The van der Waals surface area contributed by atoms with Crippen LogP contribution < -0.4 is 10.6 Å². The first kappa shape index (κ1) is 21.1. The fourth-order valence-corrected chi connectivity index (χ4v) is 5.07. The Morgan fingerprint density at radius 2 is 1.91 bits per heavy atom. The molecule has 3 heterocycles. The molecule has 1 aliphatic rings. The summed E-state index contributed by atoms with van der Waals surface area (Å²) in [5.41, 5.74) is 4.92. The van der Waals surface area contributed by atoms with Gasteiger partial charge >= 0.3 is 0 Å². The van der Waals surface area contributed by atoms with Gasteiger partial charge in [-0.1, -0.05) is 31.2 Å². The maximum absolute atomic E-state index is 12.6. The van der Waals surface area contributed by atoms with Gasteiger partial charge in [0.1, 0.15) is 11.3 Å². The van der Waals surface area contributed by atoms with Gasteiger partial charge in [-0.3, -0.25) is 4.79 Å². The van der Waals surface area contributed by atoms with Gasteiger partial charge in [-0.2, -0.15) is 0 Å². The third-order valence-corrected chi connectivity index (χ3v) is 7.52. The van der Waals surface area contributed by atoms with Crippen molar-refractivity contribution in [3.05, 3.63) is 71.7 Å². The average Bonchev–Trinajstić information content (AvgIpc) is 3.28. The Bertz CT molecular complexity index is 1480. The Kier molecular flexibility index (Phi) is 5.33. The largest absolute Gasteiger partial charge is 0.357 e. The summed E-state index contributed by atoms with van der Waals surface area (Å²) in [5, 5.41) is 6.11. The van der Waals surface area contributed by atoms with Crippen LogP contribution in [0.25, 0.3) is 11.0 Å². The molecule has 1 amide bonds. The number of fused-ring (bicyclic) bond motifs is 2. The van der Waals surface area contributed by atoms with Crippen molar-refractivity contribution in [3.8, 4) is 0 Å². The lowest BCUT2D eigenvalue weighted by Crippen LogP contribution is -2.19. The summed E-state index contributed by atoms with van der Waals surface area (Å²) in [7, 11) is -3.41. The number of carbonyl (C=O) groups excluding carboxylic acids is 1. The molecule has 0 bridgehead atoms. The fourth-order valence-electron chi connectivity index (χ4n) is 4.02. The zero-order chi connectivity index (χ0) is 23.0. The Labute approximate surface area is 191 Å². The van der Waals surface area contributed by atoms with Crippen LogP contribution in [0.1, 0.15) is 30.3 Å². The third-order valence-electron chi connectivity index (χ3n) is 5.73. The summed E-state index contributed by atoms with van der Waals surface area (Å²) in [4.78, 5) is 24.4. The molecule has 0 fully saturated rings. The monoisotopic (exact) mass is 461 g/mol. The first-order valence-electron chi connectivity index (χ1n) is 10.8. The van der Waals surface area contributed by atoms with E-state index in [1.54, 1.807) is 37.4 Å². The third kappa shape index (κ3) is 4.19. The zero-order valence-corrected chi connectivity index (χ0v) is 18.9. The molecule has 5 rings (SSSR count). The molecular weight excluding hydrogens is 438 g/mol. The number of carbonyl (C=O) groups is 1. The van der Waals surface area contributed by atoms with Gasteiger partial charge in [0, 0.05) is 24.7 Å². The topological polar surface area (TPSA) is 117 Å². The van der Waals surface area contributed by atoms with Crippen molar-refractivity contribution < 1.29 is 13.2 Å². The highest BCUT2D eigenvalue weighted by Crippen LogP contribution is 2.29. The van der Waals surface area contributed by atoms with Gasteiger partial charge in [0.05, 0.1) is 21.9 Å². The van der Waals surface area contributed by atoms with Crippen molar-refractivity contribution >= 4 is 44.0 Å². The molecule has 33 heavy (non-hydrogen) atoms. The van der Waals surface area contributed by atoms with E-state index in [1.807, 2.05) is 18.2 Å². The Morgan fingerprint density at radius 3 is 2.76 bits per heavy atom. The van der Waals surface area contributed by atoms with Crippen molar-refractivity contribution in [1.82, 2.24) is 15.0 Å². The second-order valence-corrected chi connectivity index (χ2v) is 10.2. The first-order chi connectivity index (χ1) is 15.9. The number of hydrogen-bond acceptors (Lipinski definition) is 6. The molecule has 1 aliphatic heterocycles. The van der Waals surface area contributed by atoms with E-state index in [0.29, 0.717) is 42.1 Å². The number of amides is 1. The highest BCUT2D eigenvalue weighted by atomic mass is 32.2. The second-order valence-electron chi connectivity index (χ2n) is 7.97. The van der Waals surface area contributed by atoms with Crippen LogP contribution in [0, 0.1) is 0 Å². The normalized spacial score (nSPS) is 13.5. The lowest BCUT2D eigenvalue weighted by Gasteiger charge is -2.17. The number of rotatable bonds is 6. The minimum Gasteiger partial charge on any atom is -0.357 e. The van der Waals surface area contributed by atoms with E-state index in [-0.39, 0.29) is 16.6 Å². The molecule has 0 radical (unpaired) electrons. The van der Waals surface area contributed by atoms with Gasteiger partial charge in [-0.15, -0.1) is 0 Å². The number of nitrogens with one attached hydrogen (secondary N) is 3. The van der Waals surface area contributed by atoms with Gasteiger partial charge < -0.3 is 15.6 Å². The molecule has 9 heteroatoms. The maximum atomic E-state index is 12.6. The molecular formula is C24H23N5O3S. The van der Waals surface area contributed by atoms with Crippen LogP contribution >= 0.6 is 0 Å². The summed E-state index contributed by atoms with van der Waals surface area (Å²) in [5.74, 6) is 1.18. The van der Waals surface area contributed by atoms with Crippen molar-refractivity contribution in [2.24, 2.45) is 0 Å².